The predicted octanol–water partition coefficient (Wildman–Crippen LogP) is 2.98. The number of aromatic nitrogens is 3. The van der Waals surface area contributed by atoms with Crippen LogP contribution in [0.15, 0.2) is 23.8 Å². The molecule has 2 aromatic rings. The zero-order valence-electron chi connectivity index (χ0n) is 10.3. The SMILES string of the molecule is Cc1nc(CSCCCNc2ncccn2)cs1. The van der Waals surface area contributed by atoms with Crippen molar-refractivity contribution in [2.24, 2.45) is 0 Å². The Bertz CT molecular complexity index is 458. The lowest BCUT2D eigenvalue weighted by atomic mass is 10.5. The third-order valence-corrected chi connectivity index (χ3v) is 4.13. The minimum atomic E-state index is 0.706. The molecule has 18 heavy (non-hydrogen) atoms. The summed E-state index contributed by atoms with van der Waals surface area (Å²) in [5.74, 6) is 2.83. The van der Waals surface area contributed by atoms with Gasteiger partial charge in [0.1, 0.15) is 0 Å². The topological polar surface area (TPSA) is 50.7 Å². The van der Waals surface area contributed by atoms with Gasteiger partial charge in [-0.1, -0.05) is 0 Å². The van der Waals surface area contributed by atoms with Crippen LogP contribution in [0.1, 0.15) is 17.1 Å². The van der Waals surface area contributed by atoms with Crippen LogP contribution in [0.25, 0.3) is 0 Å². The molecule has 0 unspecified atom stereocenters. The van der Waals surface area contributed by atoms with Crippen LogP contribution < -0.4 is 5.32 Å². The van der Waals surface area contributed by atoms with Gasteiger partial charge in [0.25, 0.3) is 0 Å². The highest BCUT2D eigenvalue weighted by Gasteiger charge is 1.98. The van der Waals surface area contributed by atoms with E-state index in [1.165, 1.54) is 5.69 Å². The molecule has 6 heteroatoms. The summed E-state index contributed by atoms with van der Waals surface area (Å²) < 4.78 is 0. The van der Waals surface area contributed by atoms with E-state index >= 15 is 0 Å². The van der Waals surface area contributed by atoms with Gasteiger partial charge in [-0.15, -0.1) is 11.3 Å². The lowest BCUT2D eigenvalue weighted by molar-refractivity contribution is 0.961. The molecule has 2 rings (SSSR count). The van der Waals surface area contributed by atoms with Crippen LogP contribution in [0.4, 0.5) is 5.95 Å². The van der Waals surface area contributed by atoms with E-state index in [9.17, 15) is 0 Å². The number of anilines is 1. The van der Waals surface area contributed by atoms with Crippen molar-refractivity contribution in [2.45, 2.75) is 19.1 Å². The number of aryl methyl sites for hydroxylation is 1. The number of nitrogens with zero attached hydrogens (tertiary/aromatic N) is 3. The minimum Gasteiger partial charge on any atom is -0.354 e. The van der Waals surface area contributed by atoms with Crippen molar-refractivity contribution in [3.8, 4) is 0 Å². The van der Waals surface area contributed by atoms with E-state index in [4.69, 9.17) is 0 Å². The summed E-state index contributed by atoms with van der Waals surface area (Å²) in [6.45, 7) is 2.95. The van der Waals surface area contributed by atoms with Crippen LogP contribution in [0.3, 0.4) is 0 Å². The van der Waals surface area contributed by atoms with E-state index in [2.05, 4.69) is 25.6 Å². The van der Waals surface area contributed by atoms with Crippen LogP contribution in [0.2, 0.25) is 0 Å². The number of hydrogen-bond acceptors (Lipinski definition) is 6. The standard InChI is InChI=1S/C12H16N4S2/c1-10-16-11(9-18-10)8-17-7-3-6-15-12-13-4-2-5-14-12/h2,4-5,9H,3,6-8H2,1H3,(H,13,14,15). The Labute approximate surface area is 115 Å². The van der Waals surface area contributed by atoms with Crippen molar-refractivity contribution in [1.29, 1.82) is 0 Å². The van der Waals surface area contributed by atoms with Crippen molar-refractivity contribution < 1.29 is 0 Å². The summed E-state index contributed by atoms with van der Waals surface area (Å²) in [5, 5.41) is 6.48. The highest BCUT2D eigenvalue weighted by molar-refractivity contribution is 7.98. The summed E-state index contributed by atoms with van der Waals surface area (Å²) in [5.41, 5.74) is 1.20. The molecule has 4 nitrogen and oxygen atoms in total. The minimum absolute atomic E-state index is 0.706. The van der Waals surface area contributed by atoms with Crippen molar-refractivity contribution in [1.82, 2.24) is 15.0 Å². The summed E-state index contributed by atoms with van der Waals surface area (Å²) in [6.07, 6.45) is 4.59. The average Bonchev–Trinajstić information content (AvgIpc) is 2.81. The third-order valence-electron chi connectivity index (χ3n) is 2.23. The van der Waals surface area contributed by atoms with Gasteiger partial charge >= 0.3 is 0 Å². The number of nitrogens with one attached hydrogen (secondary N) is 1. The van der Waals surface area contributed by atoms with Crippen LogP contribution >= 0.6 is 23.1 Å². The maximum absolute atomic E-state index is 4.44. The molecule has 0 saturated carbocycles. The number of thiazole rings is 1. The quantitative estimate of drug-likeness (QED) is 0.790. The van der Waals surface area contributed by atoms with E-state index in [1.807, 2.05) is 24.8 Å². The fourth-order valence-electron chi connectivity index (χ4n) is 1.42. The highest BCUT2D eigenvalue weighted by atomic mass is 32.2. The van der Waals surface area contributed by atoms with Gasteiger partial charge in [-0.25, -0.2) is 15.0 Å². The first-order chi connectivity index (χ1) is 8.84. The van der Waals surface area contributed by atoms with Gasteiger partial charge in [-0.05, 0) is 25.2 Å². The smallest absolute Gasteiger partial charge is 0.222 e. The van der Waals surface area contributed by atoms with Crippen molar-refractivity contribution >= 4 is 29.0 Å². The highest BCUT2D eigenvalue weighted by Crippen LogP contribution is 2.15. The molecule has 0 radical (unpaired) electrons. The second kappa shape index (κ2) is 7.33. The molecule has 0 aliphatic heterocycles. The maximum atomic E-state index is 4.44. The summed E-state index contributed by atoms with van der Waals surface area (Å²) >= 11 is 3.63. The van der Waals surface area contributed by atoms with Crippen LogP contribution in [0.5, 0.6) is 0 Å². The Morgan fingerprint density at radius 1 is 1.33 bits per heavy atom. The average molecular weight is 280 g/mol. The van der Waals surface area contributed by atoms with Crippen LogP contribution in [-0.2, 0) is 5.75 Å². The molecule has 0 saturated heterocycles. The molecule has 0 amide bonds. The van der Waals surface area contributed by atoms with Gasteiger partial charge in [-0.2, -0.15) is 11.8 Å². The monoisotopic (exact) mass is 280 g/mol. The number of thioether (sulfide) groups is 1. The fourth-order valence-corrected chi connectivity index (χ4v) is 2.98. The molecule has 0 atom stereocenters. The first-order valence-corrected chi connectivity index (χ1v) is 7.87. The molecule has 0 fully saturated rings. The normalized spacial score (nSPS) is 10.5. The first-order valence-electron chi connectivity index (χ1n) is 5.84. The Balaban J connectivity index is 1.54. The van der Waals surface area contributed by atoms with Crippen molar-refractivity contribution in [3.63, 3.8) is 0 Å². The molecule has 0 aliphatic rings. The Kier molecular flexibility index (Phi) is 5.41. The van der Waals surface area contributed by atoms with Gasteiger partial charge in [0.05, 0.1) is 10.7 Å². The van der Waals surface area contributed by atoms with E-state index in [0.29, 0.717) is 5.95 Å². The number of rotatable bonds is 7. The molecular weight excluding hydrogens is 264 g/mol. The van der Waals surface area contributed by atoms with Gasteiger partial charge in [-0.3, -0.25) is 0 Å². The fraction of sp³-hybridized carbons (Fsp3) is 0.417. The second-order valence-corrected chi connectivity index (χ2v) is 5.93. The molecule has 1 N–H and O–H groups in total. The second-order valence-electron chi connectivity index (χ2n) is 3.76. The van der Waals surface area contributed by atoms with E-state index in [0.717, 1.165) is 29.5 Å². The molecule has 0 bridgehead atoms. The molecular formula is C12H16N4S2. The maximum Gasteiger partial charge on any atom is 0.222 e. The van der Waals surface area contributed by atoms with Gasteiger partial charge in [0.2, 0.25) is 5.95 Å². The van der Waals surface area contributed by atoms with Crippen molar-refractivity contribution in [3.05, 3.63) is 34.5 Å². The molecule has 96 valence electrons. The largest absolute Gasteiger partial charge is 0.354 e. The molecule has 0 aromatic carbocycles. The Hall–Kier alpha value is -1.14. The predicted molar refractivity (Wildman–Crippen MR) is 78.2 cm³/mol. The Morgan fingerprint density at radius 2 is 2.17 bits per heavy atom. The molecule has 2 heterocycles. The van der Waals surface area contributed by atoms with E-state index < -0.39 is 0 Å². The zero-order valence-corrected chi connectivity index (χ0v) is 11.9. The number of hydrogen-bond donors (Lipinski definition) is 1. The molecule has 2 aromatic heterocycles. The van der Waals surface area contributed by atoms with E-state index in [1.54, 1.807) is 23.7 Å². The third kappa shape index (κ3) is 4.62. The van der Waals surface area contributed by atoms with E-state index in [-0.39, 0.29) is 0 Å². The zero-order chi connectivity index (χ0) is 12.6. The van der Waals surface area contributed by atoms with Crippen molar-refractivity contribution in [2.75, 3.05) is 17.6 Å². The van der Waals surface area contributed by atoms with Gasteiger partial charge < -0.3 is 5.32 Å². The first kappa shape index (κ1) is 13.3. The van der Waals surface area contributed by atoms with Gasteiger partial charge in [0, 0.05) is 30.1 Å². The molecule has 0 spiro atoms. The van der Waals surface area contributed by atoms with Crippen LogP contribution in [-0.4, -0.2) is 27.2 Å². The Morgan fingerprint density at radius 3 is 2.89 bits per heavy atom. The summed E-state index contributed by atoms with van der Waals surface area (Å²) in [7, 11) is 0. The molecule has 0 aliphatic carbocycles. The lowest BCUT2D eigenvalue weighted by Gasteiger charge is -2.03. The summed E-state index contributed by atoms with van der Waals surface area (Å²) in [6, 6.07) is 1.82. The van der Waals surface area contributed by atoms with Crippen LogP contribution in [0, 0.1) is 6.92 Å². The lowest BCUT2D eigenvalue weighted by Crippen LogP contribution is -2.05. The van der Waals surface area contributed by atoms with Gasteiger partial charge in [0.15, 0.2) is 0 Å². The summed E-state index contributed by atoms with van der Waals surface area (Å²) in [4.78, 5) is 12.7.